The molecule has 2 aromatic heterocycles. The molecule has 158 valence electrons. The third-order valence-corrected chi connectivity index (χ3v) is 6.14. The Kier molecular flexibility index (Phi) is 5.71. The Hall–Kier alpha value is -2.58. The van der Waals surface area contributed by atoms with E-state index in [2.05, 4.69) is 25.1 Å². The van der Waals surface area contributed by atoms with Crippen molar-refractivity contribution in [2.75, 3.05) is 37.6 Å². The second kappa shape index (κ2) is 8.28. The molecule has 8 heteroatoms. The zero-order valence-corrected chi connectivity index (χ0v) is 18.3. The largest absolute Gasteiger partial charge is 0.353 e. The van der Waals surface area contributed by atoms with Crippen molar-refractivity contribution in [1.29, 1.82) is 0 Å². The normalized spacial score (nSPS) is 15.5. The van der Waals surface area contributed by atoms with Gasteiger partial charge >= 0.3 is 0 Å². The van der Waals surface area contributed by atoms with E-state index < -0.39 is 0 Å². The van der Waals surface area contributed by atoms with Crippen LogP contribution < -0.4 is 10.2 Å². The lowest BCUT2D eigenvalue weighted by molar-refractivity contribution is -0.123. The highest BCUT2D eigenvalue weighted by Crippen LogP contribution is 2.37. The third-order valence-electron chi connectivity index (χ3n) is 4.97. The number of amides is 1. The van der Waals surface area contributed by atoms with Gasteiger partial charge in [-0.05, 0) is 44.5 Å². The molecular formula is C22H26FN5OS. The molecule has 30 heavy (non-hydrogen) atoms. The fourth-order valence-corrected chi connectivity index (χ4v) is 4.74. The molecule has 4 rings (SSSR count). The number of nitrogens with zero attached hydrogens (tertiary/aromatic N) is 4. The number of aromatic nitrogens is 2. The maximum absolute atomic E-state index is 13.3. The summed E-state index contributed by atoms with van der Waals surface area (Å²) in [7, 11) is 0. The van der Waals surface area contributed by atoms with Gasteiger partial charge in [-0.25, -0.2) is 14.4 Å². The first-order valence-electron chi connectivity index (χ1n) is 10.1. The van der Waals surface area contributed by atoms with Crippen LogP contribution in [0.4, 0.5) is 10.2 Å². The lowest BCUT2D eigenvalue weighted by Gasteiger charge is -2.35. The Morgan fingerprint density at radius 3 is 2.50 bits per heavy atom. The van der Waals surface area contributed by atoms with E-state index in [1.165, 1.54) is 12.1 Å². The van der Waals surface area contributed by atoms with Crippen LogP contribution >= 0.6 is 11.3 Å². The summed E-state index contributed by atoms with van der Waals surface area (Å²) >= 11 is 1.63. The Morgan fingerprint density at radius 2 is 1.83 bits per heavy atom. The summed E-state index contributed by atoms with van der Waals surface area (Å²) < 4.78 is 14.3. The molecule has 6 nitrogen and oxygen atoms in total. The predicted octanol–water partition coefficient (Wildman–Crippen LogP) is 3.53. The van der Waals surface area contributed by atoms with E-state index in [0.29, 0.717) is 6.54 Å². The number of nitrogens with one attached hydrogen (secondary N) is 1. The van der Waals surface area contributed by atoms with Gasteiger partial charge < -0.3 is 10.2 Å². The number of halogens is 1. The van der Waals surface area contributed by atoms with Crippen LogP contribution in [0.2, 0.25) is 0 Å². The van der Waals surface area contributed by atoms with Gasteiger partial charge in [-0.2, -0.15) is 0 Å². The monoisotopic (exact) mass is 427 g/mol. The van der Waals surface area contributed by atoms with Crippen molar-refractivity contribution in [2.24, 2.45) is 0 Å². The van der Waals surface area contributed by atoms with E-state index >= 15 is 0 Å². The molecule has 0 bridgehead atoms. The molecule has 1 fully saturated rings. The SMILES string of the molecule is CC(C)(C)NC(=O)CN1CCN(c2ncnc3cc(-c4ccc(F)cc4)sc23)CC1. The third kappa shape index (κ3) is 4.76. The van der Waals surface area contributed by atoms with Gasteiger partial charge in [0.25, 0.3) is 0 Å². The molecule has 0 radical (unpaired) electrons. The number of hydrogen-bond acceptors (Lipinski definition) is 6. The van der Waals surface area contributed by atoms with Crippen LogP contribution in [0.15, 0.2) is 36.7 Å². The van der Waals surface area contributed by atoms with Gasteiger partial charge in [-0.1, -0.05) is 12.1 Å². The highest BCUT2D eigenvalue weighted by molar-refractivity contribution is 7.22. The van der Waals surface area contributed by atoms with Gasteiger partial charge in [0.15, 0.2) is 0 Å². The number of hydrogen-bond donors (Lipinski definition) is 1. The average molecular weight is 428 g/mol. The minimum absolute atomic E-state index is 0.0579. The zero-order chi connectivity index (χ0) is 21.3. The number of thiophene rings is 1. The number of rotatable bonds is 4. The Labute approximate surface area is 179 Å². The first kappa shape index (κ1) is 20.7. The summed E-state index contributed by atoms with van der Waals surface area (Å²) in [5, 5.41) is 3.02. The smallest absolute Gasteiger partial charge is 0.234 e. The molecule has 1 aliphatic rings. The van der Waals surface area contributed by atoms with Crippen molar-refractivity contribution in [3.05, 3.63) is 42.5 Å². The summed E-state index contributed by atoms with van der Waals surface area (Å²) in [6.07, 6.45) is 1.60. The van der Waals surface area contributed by atoms with Crippen LogP contribution in [0.3, 0.4) is 0 Å². The summed E-state index contributed by atoms with van der Waals surface area (Å²) in [5.74, 6) is 0.745. The highest BCUT2D eigenvalue weighted by Gasteiger charge is 2.23. The summed E-state index contributed by atoms with van der Waals surface area (Å²) in [6, 6.07) is 8.55. The summed E-state index contributed by atoms with van der Waals surface area (Å²) in [5.41, 5.74) is 1.66. The summed E-state index contributed by atoms with van der Waals surface area (Å²) in [6.45, 7) is 9.60. The maximum Gasteiger partial charge on any atom is 0.234 e. The topological polar surface area (TPSA) is 61.4 Å². The Morgan fingerprint density at radius 1 is 1.13 bits per heavy atom. The molecule has 0 spiro atoms. The quantitative estimate of drug-likeness (QED) is 0.690. The van der Waals surface area contributed by atoms with E-state index in [-0.39, 0.29) is 17.3 Å². The molecule has 1 aromatic carbocycles. The first-order chi connectivity index (χ1) is 14.3. The number of carbonyl (C=O) groups excluding carboxylic acids is 1. The van der Waals surface area contributed by atoms with Crippen LogP contribution in [0.1, 0.15) is 20.8 Å². The predicted molar refractivity (Wildman–Crippen MR) is 119 cm³/mol. The molecule has 1 saturated heterocycles. The zero-order valence-electron chi connectivity index (χ0n) is 17.5. The Balaban J connectivity index is 1.47. The number of anilines is 1. The van der Waals surface area contributed by atoms with Gasteiger partial charge in [0, 0.05) is 36.6 Å². The molecule has 1 amide bonds. The van der Waals surface area contributed by atoms with E-state index in [0.717, 1.165) is 52.7 Å². The van der Waals surface area contributed by atoms with E-state index in [1.54, 1.807) is 29.8 Å². The van der Waals surface area contributed by atoms with E-state index in [9.17, 15) is 9.18 Å². The second-order valence-electron chi connectivity index (χ2n) is 8.59. The van der Waals surface area contributed by atoms with Gasteiger partial charge in [-0.15, -0.1) is 11.3 Å². The minimum Gasteiger partial charge on any atom is -0.353 e. The van der Waals surface area contributed by atoms with Gasteiger partial charge in [0.05, 0.1) is 16.8 Å². The average Bonchev–Trinajstić information content (AvgIpc) is 3.12. The molecule has 0 aliphatic carbocycles. The second-order valence-corrected chi connectivity index (χ2v) is 9.64. The number of carbonyl (C=O) groups is 1. The van der Waals surface area contributed by atoms with Crippen LogP contribution in [0.25, 0.3) is 20.7 Å². The van der Waals surface area contributed by atoms with Crippen molar-refractivity contribution >= 4 is 33.3 Å². The first-order valence-corrected chi connectivity index (χ1v) is 10.9. The van der Waals surface area contributed by atoms with Crippen LogP contribution in [0, 0.1) is 5.82 Å². The van der Waals surface area contributed by atoms with E-state index in [1.807, 2.05) is 26.8 Å². The van der Waals surface area contributed by atoms with Crippen LogP contribution in [-0.4, -0.2) is 59.0 Å². The fraction of sp³-hybridized carbons (Fsp3) is 0.409. The molecule has 1 aliphatic heterocycles. The van der Waals surface area contributed by atoms with Crippen molar-refractivity contribution in [3.8, 4) is 10.4 Å². The molecule has 3 heterocycles. The van der Waals surface area contributed by atoms with Crippen LogP contribution in [-0.2, 0) is 4.79 Å². The maximum atomic E-state index is 13.3. The fourth-order valence-electron chi connectivity index (χ4n) is 3.60. The lowest BCUT2D eigenvalue weighted by Crippen LogP contribution is -2.52. The number of piperazine rings is 1. The van der Waals surface area contributed by atoms with E-state index in [4.69, 9.17) is 0 Å². The Bertz CT molecular complexity index is 1040. The lowest BCUT2D eigenvalue weighted by atomic mass is 10.1. The summed E-state index contributed by atoms with van der Waals surface area (Å²) in [4.78, 5) is 26.7. The number of fused-ring (bicyclic) bond motifs is 1. The number of benzene rings is 1. The molecule has 0 saturated carbocycles. The molecule has 0 atom stereocenters. The standard InChI is InChI=1S/C22H26FN5OS/c1-22(2,3)26-19(29)13-27-8-10-28(11-9-27)21-20-17(24-14-25-21)12-18(30-20)15-4-6-16(23)7-5-15/h4-7,12,14H,8-11,13H2,1-3H3,(H,26,29). The molecule has 1 N–H and O–H groups in total. The van der Waals surface area contributed by atoms with Gasteiger partial charge in [0.2, 0.25) is 5.91 Å². The van der Waals surface area contributed by atoms with Gasteiger partial charge in [-0.3, -0.25) is 9.69 Å². The van der Waals surface area contributed by atoms with Crippen molar-refractivity contribution < 1.29 is 9.18 Å². The minimum atomic E-state index is -0.241. The molecule has 3 aromatic rings. The molecular weight excluding hydrogens is 401 g/mol. The van der Waals surface area contributed by atoms with Gasteiger partial charge in [0.1, 0.15) is 18.0 Å². The van der Waals surface area contributed by atoms with Crippen molar-refractivity contribution in [2.45, 2.75) is 26.3 Å². The van der Waals surface area contributed by atoms with Crippen LogP contribution in [0.5, 0.6) is 0 Å². The highest BCUT2D eigenvalue weighted by atomic mass is 32.1. The molecule has 0 unspecified atom stereocenters. The van der Waals surface area contributed by atoms with Crippen molar-refractivity contribution in [3.63, 3.8) is 0 Å². The van der Waals surface area contributed by atoms with Crippen molar-refractivity contribution in [1.82, 2.24) is 20.2 Å².